The van der Waals surface area contributed by atoms with Crippen molar-refractivity contribution in [3.63, 3.8) is 0 Å². The molecule has 0 bridgehead atoms. The van der Waals surface area contributed by atoms with E-state index in [-0.39, 0.29) is 5.95 Å². The van der Waals surface area contributed by atoms with Gasteiger partial charge in [0.15, 0.2) is 0 Å². The van der Waals surface area contributed by atoms with Crippen LogP contribution in [0.5, 0.6) is 0 Å². The number of carbonyl (C=O) groups excluding carboxylic acids is 1. The summed E-state index contributed by atoms with van der Waals surface area (Å²) in [5, 5.41) is 2.01. The fraction of sp³-hybridized carbons (Fsp3) is 0.312. The van der Waals surface area contributed by atoms with Crippen LogP contribution in [0, 0.1) is 0 Å². The summed E-state index contributed by atoms with van der Waals surface area (Å²) in [6.07, 6.45) is -4.02. The molecule has 0 aliphatic rings. The lowest BCUT2D eigenvalue weighted by atomic mass is 10.1. The third-order valence-corrected chi connectivity index (χ3v) is 3.11. The van der Waals surface area contributed by atoms with Crippen molar-refractivity contribution in [3.8, 4) is 0 Å². The van der Waals surface area contributed by atoms with E-state index in [9.17, 15) is 18.0 Å². The molecule has 2 rings (SSSR count). The van der Waals surface area contributed by atoms with Crippen molar-refractivity contribution in [1.82, 2.24) is 9.97 Å². The van der Waals surface area contributed by atoms with Crippen LogP contribution in [0.15, 0.2) is 30.5 Å². The molecule has 0 atom stereocenters. The highest BCUT2D eigenvalue weighted by Gasteiger charge is 2.34. The first-order valence-electron chi connectivity index (χ1n) is 7.16. The molecule has 25 heavy (non-hydrogen) atoms. The SMILES string of the molecule is CC(C)(C)OC(=O)c1ccc(Nc2ncc(C(F)(F)F)c(Cl)n2)cc1. The van der Waals surface area contributed by atoms with E-state index < -0.39 is 28.5 Å². The Morgan fingerprint density at radius 2 is 1.76 bits per heavy atom. The molecule has 0 saturated heterocycles. The molecule has 0 unspecified atom stereocenters. The lowest BCUT2D eigenvalue weighted by molar-refractivity contribution is -0.137. The van der Waals surface area contributed by atoms with E-state index in [4.69, 9.17) is 16.3 Å². The molecular formula is C16H15ClF3N3O2. The van der Waals surface area contributed by atoms with Crippen LogP contribution in [-0.4, -0.2) is 21.5 Å². The van der Waals surface area contributed by atoms with Crippen LogP contribution in [0.25, 0.3) is 0 Å². The van der Waals surface area contributed by atoms with E-state index in [1.165, 1.54) is 12.1 Å². The molecule has 0 amide bonds. The minimum absolute atomic E-state index is 0.0944. The molecule has 1 N–H and O–H groups in total. The second-order valence-corrected chi connectivity index (χ2v) is 6.46. The molecule has 0 spiro atoms. The van der Waals surface area contributed by atoms with E-state index >= 15 is 0 Å². The molecule has 0 radical (unpaired) electrons. The van der Waals surface area contributed by atoms with E-state index in [2.05, 4.69) is 15.3 Å². The molecule has 134 valence electrons. The molecular weight excluding hydrogens is 359 g/mol. The smallest absolute Gasteiger partial charge is 0.420 e. The minimum atomic E-state index is -4.62. The number of halogens is 4. The summed E-state index contributed by atoms with van der Waals surface area (Å²) in [6.45, 7) is 5.27. The van der Waals surface area contributed by atoms with Gasteiger partial charge < -0.3 is 10.1 Å². The summed E-state index contributed by atoms with van der Waals surface area (Å²) in [5.74, 6) is -0.573. The molecule has 0 fully saturated rings. The monoisotopic (exact) mass is 373 g/mol. The Bertz CT molecular complexity index is 772. The second-order valence-electron chi connectivity index (χ2n) is 6.10. The normalized spacial score (nSPS) is 12.0. The second kappa shape index (κ2) is 6.87. The average molecular weight is 374 g/mol. The summed E-state index contributed by atoms with van der Waals surface area (Å²) in [4.78, 5) is 19.1. The molecule has 1 aromatic heterocycles. The lowest BCUT2D eigenvalue weighted by Crippen LogP contribution is -2.23. The van der Waals surface area contributed by atoms with Crippen LogP contribution in [0.4, 0.5) is 24.8 Å². The van der Waals surface area contributed by atoms with Gasteiger partial charge in [-0.15, -0.1) is 0 Å². The van der Waals surface area contributed by atoms with Crippen molar-refractivity contribution in [3.05, 3.63) is 46.7 Å². The number of hydrogen-bond acceptors (Lipinski definition) is 5. The van der Waals surface area contributed by atoms with E-state index in [1.807, 2.05) is 0 Å². The molecule has 0 aliphatic heterocycles. The van der Waals surface area contributed by atoms with Crippen LogP contribution in [0.2, 0.25) is 5.15 Å². The number of alkyl halides is 3. The van der Waals surface area contributed by atoms with Gasteiger partial charge in [0.05, 0.1) is 5.56 Å². The van der Waals surface area contributed by atoms with Gasteiger partial charge in [0.25, 0.3) is 0 Å². The number of nitrogens with zero attached hydrogens (tertiary/aromatic N) is 2. The fourth-order valence-corrected chi connectivity index (χ4v) is 2.00. The lowest BCUT2D eigenvalue weighted by Gasteiger charge is -2.19. The van der Waals surface area contributed by atoms with Gasteiger partial charge in [0.2, 0.25) is 5.95 Å². The highest BCUT2D eigenvalue weighted by atomic mass is 35.5. The predicted molar refractivity (Wildman–Crippen MR) is 86.9 cm³/mol. The van der Waals surface area contributed by atoms with Crippen molar-refractivity contribution in [1.29, 1.82) is 0 Å². The topological polar surface area (TPSA) is 64.1 Å². The Balaban J connectivity index is 2.11. The molecule has 1 aromatic carbocycles. The minimum Gasteiger partial charge on any atom is -0.456 e. The number of anilines is 2. The maximum Gasteiger partial charge on any atom is 0.420 e. The summed E-state index contributed by atoms with van der Waals surface area (Å²) < 4.78 is 43.1. The van der Waals surface area contributed by atoms with Gasteiger partial charge in [-0.2, -0.15) is 13.2 Å². The Labute approximate surface area is 147 Å². The van der Waals surface area contributed by atoms with Crippen LogP contribution in [-0.2, 0) is 10.9 Å². The van der Waals surface area contributed by atoms with Gasteiger partial charge in [-0.25, -0.2) is 14.8 Å². The zero-order valence-electron chi connectivity index (χ0n) is 13.6. The first-order chi connectivity index (χ1) is 11.5. The summed E-state index contributed by atoms with van der Waals surface area (Å²) in [5.41, 5.74) is -0.909. The number of nitrogens with one attached hydrogen (secondary N) is 1. The zero-order valence-corrected chi connectivity index (χ0v) is 14.4. The molecule has 9 heteroatoms. The van der Waals surface area contributed by atoms with E-state index in [1.54, 1.807) is 32.9 Å². The quantitative estimate of drug-likeness (QED) is 0.615. The van der Waals surface area contributed by atoms with Crippen LogP contribution in [0.1, 0.15) is 36.7 Å². The van der Waals surface area contributed by atoms with Crippen LogP contribution < -0.4 is 5.32 Å². The number of hydrogen-bond donors (Lipinski definition) is 1. The standard InChI is InChI=1S/C16H15ClF3N3O2/c1-15(2,3)25-13(24)9-4-6-10(7-5-9)22-14-21-8-11(12(17)23-14)16(18,19)20/h4-8H,1-3H3,(H,21,22,23). The van der Waals surface area contributed by atoms with Crippen molar-refractivity contribution < 1.29 is 22.7 Å². The number of carbonyl (C=O) groups is 1. The third kappa shape index (κ3) is 5.32. The van der Waals surface area contributed by atoms with Gasteiger partial charge in [-0.05, 0) is 45.0 Å². The van der Waals surface area contributed by atoms with Gasteiger partial charge in [0.1, 0.15) is 16.3 Å². The number of rotatable bonds is 3. The molecule has 2 aromatic rings. The van der Waals surface area contributed by atoms with E-state index in [0.29, 0.717) is 17.4 Å². The van der Waals surface area contributed by atoms with Gasteiger partial charge >= 0.3 is 12.1 Å². The highest BCUT2D eigenvalue weighted by molar-refractivity contribution is 6.30. The van der Waals surface area contributed by atoms with E-state index in [0.717, 1.165) is 0 Å². The first-order valence-corrected chi connectivity index (χ1v) is 7.54. The molecule has 1 heterocycles. The summed E-state index contributed by atoms with van der Waals surface area (Å²) in [6, 6.07) is 6.13. The van der Waals surface area contributed by atoms with Gasteiger partial charge in [-0.1, -0.05) is 11.6 Å². The maximum absolute atomic E-state index is 12.6. The Hall–Kier alpha value is -2.35. The third-order valence-electron chi connectivity index (χ3n) is 2.82. The average Bonchev–Trinajstić information content (AvgIpc) is 2.44. The molecule has 5 nitrogen and oxygen atoms in total. The first kappa shape index (κ1) is 19.0. The van der Waals surface area contributed by atoms with Crippen molar-refractivity contribution in [2.75, 3.05) is 5.32 Å². The molecule has 0 saturated carbocycles. The maximum atomic E-state index is 12.6. The van der Waals surface area contributed by atoms with Gasteiger partial charge in [-0.3, -0.25) is 0 Å². The predicted octanol–water partition coefficient (Wildman–Crippen LogP) is 4.85. The van der Waals surface area contributed by atoms with Crippen molar-refractivity contribution in [2.45, 2.75) is 32.5 Å². The number of aromatic nitrogens is 2. The number of benzene rings is 1. The summed E-state index contributed by atoms with van der Waals surface area (Å²) >= 11 is 5.54. The van der Waals surface area contributed by atoms with Crippen LogP contribution >= 0.6 is 11.6 Å². The van der Waals surface area contributed by atoms with Crippen molar-refractivity contribution >= 4 is 29.2 Å². The molecule has 0 aliphatic carbocycles. The zero-order chi connectivity index (χ0) is 18.8. The summed E-state index contributed by atoms with van der Waals surface area (Å²) in [7, 11) is 0. The Morgan fingerprint density at radius 3 is 2.24 bits per heavy atom. The Morgan fingerprint density at radius 1 is 1.16 bits per heavy atom. The van der Waals surface area contributed by atoms with Crippen LogP contribution in [0.3, 0.4) is 0 Å². The number of esters is 1. The number of ether oxygens (including phenoxy) is 1. The Kier molecular flexibility index (Phi) is 5.22. The largest absolute Gasteiger partial charge is 0.456 e. The fourth-order valence-electron chi connectivity index (χ4n) is 1.77. The van der Waals surface area contributed by atoms with Gasteiger partial charge in [0, 0.05) is 11.9 Å². The highest BCUT2D eigenvalue weighted by Crippen LogP contribution is 2.33. The van der Waals surface area contributed by atoms with Crippen molar-refractivity contribution in [2.24, 2.45) is 0 Å².